The molecule has 1 aromatic heterocycles. The maximum Gasteiger partial charge on any atom is 0.191 e. The number of aromatic nitrogens is 1. The number of hydrogen-bond donors (Lipinski definition) is 2. The Labute approximate surface area is 174 Å². The zero-order chi connectivity index (χ0) is 20.9. The van der Waals surface area contributed by atoms with Crippen LogP contribution in [0.2, 0.25) is 0 Å². The standard InChI is InChI=1S/C23H35N5O/c1-6-20-19(21(7-2)29-27-20)14-25-22(24-5)26-16-23(3,4)28-13-12-17-10-8-9-11-18(17)15-28/h8-11H,6-7,12-16H2,1-5H3,(H2,24,25,26). The monoisotopic (exact) mass is 397 g/mol. The molecule has 0 atom stereocenters. The molecule has 6 heteroatoms. The van der Waals surface area contributed by atoms with Crippen LogP contribution in [0.5, 0.6) is 0 Å². The Hall–Kier alpha value is -2.34. The van der Waals surface area contributed by atoms with E-state index in [1.807, 2.05) is 7.05 Å². The Morgan fingerprint density at radius 3 is 2.62 bits per heavy atom. The highest BCUT2D eigenvalue weighted by Gasteiger charge is 2.29. The lowest BCUT2D eigenvalue weighted by Crippen LogP contribution is -2.54. The van der Waals surface area contributed by atoms with Gasteiger partial charge < -0.3 is 15.2 Å². The van der Waals surface area contributed by atoms with Gasteiger partial charge in [0, 0.05) is 50.7 Å². The van der Waals surface area contributed by atoms with Crippen molar-refractivity contribution in [3.05, 3.63) is 52.4 Å². The summed E-state index contributed by atoms with van der Waals surface area (Å²) in [6.07, 6.45) is 2.83. The Morgan fingerprint density at radius 1 is 1.17 bits per heavy atom. The Morgan fingerprint density at radius 2 is 1.93 bits per heavy atom. The molecule has 0 aliphatic carbocycles. The molecule has 0 unspecified atom stereocenters. The summed E-state index contributed by atoms with van der Waals surface area (Å²) in [7, 11) is 1.81. The smallest absolute Gasteiger partial charge is 0.191 e. The second-order valence-electron chi connectivity index (χ2n) is 8.27. The average molecular weight is 398 g/mol. The molecule has 158 valence electrons. The third-order valence-corrected chi connectivity index (χ3v) is 5.94. The SMILES string of the molecule is CCc1noc(CC)c1CNC(=NC)NCC(C)(C)N1CCc2ccccc2C1. The summed E-state index contributed by atoms with van der Waals surface area (Å²) in [4.78, 5) is 6.96. The van der Waals surface area contributed by atoms with Crippen LogP contribution in [-0.4, -0.2) is 41.7 Å². The largest absolute Gasteiger partial charge is 0.361 e. The zero-order valence-corrected chi connectivity index (χ0v) is 18.5. The Balaban J connectivity index is 1.57. The first kappa shape index (κ1) is 21.4. The van der Waals surface area contributed by atoms with Crippen LogP contribution in [0, 0.1) is 0 Å². The highest BCUT2D eigenvalue weighted by molar-refractivity contribution is 5.79. The van der Waals surface area contributed by atoms with Crippen LogP contribution in [0.4, 0.5) is 0 Å². The fraction of sp³-hybridized carbons (Fsp3) is 0.565. The van der Waals surface area contributed by atoms with Gasteiger partial charge >= 0.3 is 0 Å². The van der Waals surface area contributed by atoms with Crippen molar-refractivity contribution < 1.29 is 4.52 Å². The van der Waals surface area contributed by atoms with Crippen molar-refractivity contribution in [1.82, 2.24) is 20.7 Å². The number of rotatable bonds is 7. The average Bonchev–Trinajstić information content (AvgIpc) is 3.15. The zero-order valence-electron chi connectivity index (χ0n) is 18.5. The van der Waals surface area contributed by atoms with Crippen molar-refractivity contribution in [1.29, 1.82) is 0 Å². The normalized spacial score (nSPS) is 15.3. The van der Waals surface area contributed by atoms with Gasteiger partial charge in [0.05, 0.1) is 5.69 Å². The van der Waals surface area contributed by atoms with Gasteiger partial charge in [0.25, 0.3) is 0 Å². The topological polar surface area (TPSA) is 65.7 Å². The number of aliphatic imine (C=N–C) groups is 1. The van der Waals surface area contributed by atoms with Gasteiger partial charge in [0.1, 0.15) is 5.76 Å². The third-order valence-electron chi connectivity index (χ3n) is 5.94. The van der Waals surface area contributed by atoms with Crippen LogP contribution in [0.15, 0.2) is 33.8 Å². The van der Waals surface area contributed by atoms with Crippen molar-refractivity contribution in [3.8, 4) is 0 Å². The third kappa shape index (κ3) is 4.99. The number of fused-ring (bicyclic) bond motifs is 1. The quantitative estimate of drug-likeness (QED) is 0.554. The van der Waals surface area contributed by atoms with Gasteiger partial charge in [-0.15, -0.1) is 0 Å². The van der Waals surface area contributed by atoms with Crippen molar-refractivity contribution in [2.45, 2.75) is 65.6 Å². The summed E-state index contributed by atoms with van der Waals surface area (Å²) in [5, 5.41) is 11.1. The maximum absolute atomic E-state index is 5.47. The summed E-state index contributed by atoms with van der Waals surface area (Å²) >= 11 is 0. The predicted molar refractivity (Wildman–Crippen MR) is 118 cm³/mol. The lowest BCUT2D eigenvalue weighted by atomic mass is 9.94. The molecule has 2 heterocycles. The maximum atomic E-state index is 5.47. The van der Waals surface area contributed by atoms with E-state index in [2.05, 4.69) is 77.6 Å². The molecule has 3 rings (SSSR count). The van der Waals surface area contributed by atoms with Gasteiger partial charge in [-0.25, -0.2) is 0 Å². The van der Waals surface area contributed by atoms with E-state index in [0.29, 0.717) is 6.54 Å². The molecule has 0 fully saturated rings. The van der Waals surface area contributed by atoms with Crippen molar-refractivity contribution in [2.75, 3.05) is 20.1 Å². The molecular formula is C23H35N5O. The van der Waals surface area contributed by atoms with E-state index in [-0.39, 0.29) is 5.54 Å². The van der Waals surface area contributed by atoms with Gasteiger partial charge in [-0.05, 0) is 37.8 Å². The molecule has 0 amide bonds. The molecule has 1 aliphatic rings. The van der Waals surface area contributed by atoms with Crippen LogP contribution in [0.25, 0.3) is 0 Å². The fourth-order valence-electron chi connectivity index (χ4n) is 3.95. The molecule has 1 aromatic carbocycles. The molecule has 6 nitrogen and oxygen atoms in total. The van der Waals surface area contributed by atoms with Crippen LogP contribution in [-0.2, 0) is 32.4 Å². The number of nitrogens with zero attached hydrogens (tertiary/aromatic N) is 3. The number of hydrogen-bond acceptors (Lipinski definition) is 4. The first-order valence-corrected chi connectivity index (χ1v) is 10.7. The van der Waals surface area contributed by atoms with Gasteiger partial charge in [-0.3, -0.25) is 9.89 Å². The number of nitrogens with one attached hydrogen (secondary N) is 2. The van der Waals surface area contributed by atoms with E-state index in [0.717, 1.165) is 61.9 Å². The van der Waals surface area contributed by atoms with E-state index in [1.54, 1.807) is 0 Å². The van der Waals surface area contributed by atoms with E-state index in [1.165, 1.54) is 11.1 Å². The summed E-state index contributed by atoms with van der Waals surface area (Å²) in [6, 6.07) is 8.78. The summed E-state index contributed by atoms with van der Waals surface area (Å²) in [5.74, 6) is 1.76. The Bertz CT molecular complexity index is 818. The van der Waals surface area contributed by atoms with Crippen LogP contribution >= 0.6 is 0 Å². The number of aryl methyl sites for hydroxylation is 2. The molecule has 0 spiro atoms. The second kappa shape index (κ2) is 9.44. The lowest BCUT2D eigenvalue weighted by molar-refractivity contribution is 0.107. The fourth-order valence-corrected chi connectivity index (χ4v) is 3.95. The summed E-state index contributed by atoms with van der Waals surface area (Å²) in [5.41, 5.74) is 5.13. The predicted octanol–water partition coefficient (Wildman–Crippen LogP) is 3.30. The molecule has 29 heavy (non-hydrogen) atoms. The second-order valence-corrected chi connectivity index (χ2v) is 8.27. The minimum Gasteiger partial charge on any atom is -0.361 e. The van der Waals surface area contributed by atoms with E-state index >= 15 is 0 Å². The molecule has 1 aliphatic heterocycles. The van der Waals surface area contributed by atoms with Crippen LogP contribution < -0.4 is 10.6 Å². The van der Waals surface area contributed by atoms with E-state index in [4.69, 9.17) is 4.52 Å². The van der Waals surface area contributed by atoms with E-state index < -0.39 is 0 Å². The number of benzene rings is 1. The van der Waals surface area contributed by atoms with Crippen molar-refractivity contribution >= 4 is 5.96 Å². The minimum atomic E-state index is 0.0194. The summed E-state index contributed by atoms with van der Waals surface area (Å²) < 4.78 is 5.47. The molecular weight excluding hydrogens is 362 g/mol. The highest BCUT2D eigenvalue weighted by atomic mass is 16.5. The highest BCUT2D eigenvalue weighted by Crippen LogP contribution is 2.25. The van der Waals surface area contributed by atoms with Gasteiger partial charge in [-0.1, -0.05) is 43.3 Å². The van der Waals surface area contributed by atoms with Crippen molar-refractivity contribution in [2.24, 2.45) is 4.99 Å². The van der Waals surface area contributed by atoms with Crippen LogP contribution in [0.1, 0.15) is 55.8 Å². The first-order chi connectivity index (χ1) is 14.0. The van der Waals surface area contributed by atoms with E-state index in [9.17, 15) is 0 Å². The first-order valence-electron chi connectivity index (χ1n) is 10.7. The molecule has 0 radical (unpaired) electrons. The Kier molecular flexibility index (Phi) is 6.96. The number of guanidine groups is 1. The van der Waals surface area contributed by atoms with Gasteiger partial charge in [0.2, 0.25) is 0 Å². The molecule has 0 bridgehead atoms. The van der Waals surface area contributed by atoms with Crippen molar-refractivity contribution in [3.63, 3.8) is 0 Å². The summed E-state index contributed by atoms with van der Waals surface area (Å²) in [6.45, 7) is 12.4. The lowest BCUT2D eigenvalue weighted by Gasteiger charge is -2.42. The molecule has 2 N–H and O–H groups in total. The van der Waals surface area contributed by atoms with Crippen LogP contribution in [0.3, 0.4) is 0 Å². The molecule has 0 saturated heterocycles. The molecule has 0 saturated carbocycles. The van der Waals surface area contributed by atoms with Gasteiger partial charge in [0.15, 0.2) is 5.96 Å². The minimum absolute atomic E-state index is 0.0194. The van der Waals surface area contributed by atoms with Gasteiger partial charge in [-0.2, -0.15) is 0 Å². The molecule has 2 aromatic rings.